The Balaban J connectivity index is 1.09. The summed E-state index contributed by atoms with van der Waals surface area (Å²) in [5.74, 6) is 0.710. The maximum atomic E-state index is 5.48. The average Bonchev–Trinajstić information content (AvgIpc) is 3.91. The average molecular weight is 729 g/mol. The van der Waals surface area contributed by atoms with Crippen LogP contribution in [0.4, 0.5) is 0 Å². The van der Waals surface area contributed by atoms with Crippen LogP contribution in [-0.2, 0) is 5.41 Å². The third-order valence-corrected chi connectivity index (χ3v) is 13.1. The Morgan fingerprint density at radius 3 is 1.70 bits per heavy atom. The summed E-state index contributed by atoms with van der Waals surface area (Å²) in [6, 6.07) is 70.6. The molecule has 0 N–H and O–H groups in total. The Morgan fingerprint density at radius 1 is 0.357 bits per heavy atom. The second-order valence-corrected chi connectivity index (χ2v) is 15.9. The first-order chi connectivity index (χ1) is 27.8. The summed E-state index contributed by atoms with van der Waals surface area (Å²) >= 11 is 1.86. The van der Waals surface area contributed by atoms with Crippen LogP contribution < -0.4 is 0 Å². The lowest BCUT2D eigenvalue weighted by Gasteiger charge is -2.30. The topological polar surface area (TPSA) is 25.8 Å². The van der Waals surface area contributed by atoms with E-state index in [1.54, 1.807) is 0 Å². The van der Waals surface area contributed by atoms with Crippen molar-refractivity contribution in [1.29, 1.82) is 0 Å². The minimum Gasteiger partial charge on any atom is -0.228 e. The highest BCUT2D eigenvalue weighted by molar-refractivity contribution is 7.26. The first-order valence-electron chi connectivity index (χ1n) is 19.2. The molecule has 0 saturated carbocycles. The van der Waals surface area contributed by atoms with Gasteiger partial charge in [-0.2, -0.15) is 0 Å². The van der Waals surface area contributed by atoms with Gasteiger partial charge in [-0.3, -0.25) is 0 Å². The largest absolute Gasteiger partial charge is 0.228 e. The van der Waals surface area contributed by atoms with Gasteiger partial charge in [-0.15, -0.1) is 11.3 Å². The lowest BCUT2D eigenvalue weighted by molar-refractivity contribution is 0.794. The molecule has 2 heterocycles. The summed E-state index contributed by atoms with van der Waals surface area (Å²) in [7, 11) is 0. The van der Waals surface area contributed by atoms with Crippen molar-refractivity contribution in [3.05, 3.63) is 216 Å². The molecule has 1 spiro atoms. The predicted molar refractivity (Wildman–Crippen MR) is 233 cm³/mol. The Labute approximate surface area is 329 Å². The van der Waals surface area contributed by atoms with Crippen molar-refractivity contribution < 1.29 is 0 Å². The molecule has 0 fully saturated rings. The molecule has 0 saturated heterocycles. The molecular formula is C53H32N2S. The van der Waals surface area contributed by atoms with Crippen molar-refractivity contribution in [2.24, 2.45) is 0 Å². The highest BCUT2D eigenvalue weighted by Crippen LogP contribution is 2.63. The van der Waals surface area contributed by atoms with E-state index in [2.05, 4.69) is 194 Å². The Bertz CT molecular complexity index is 3170. The molecule has 2 aliphatic carbocycles. The van der Waals surface area contributed by atoms with E-state index in [4.69, 9.17) is 9.97 Å². The smallest absolute Gasteiger partial charge is 0.160 e. The molecule has 0 atom stereocenters. The van der Waals surface area contributed by atoms with Crippen LogP contribution in [0, 0.1) is 0 Å². The normalized spacial score (nSPS) is 13.1. The van der Waals surface area contributed by atoms with Crippen molar-refractivity contribution in [2.45, 2.75) is 5.41 Å². The molecule has 12 rings (SSSR count). The van der Waals surface area contributed by atoms with Gasteiger partial charge in [0.05, 0.1) is 16.8 Å². The molecule has 2 aromatic heterocycles. The lowest BCUT2D eigenvalue weighted by Crippen LogP contribution is -2.25. The third kappa shape index (κ3) is 4.38. The van der Waals surface area contributed by atoms with Gasteiger partial charge in [-0.05, 0) is 73.8 Å². The van der Waals surface area contributed by atoms with Crippen LogP contribution >= 0.6 is 11.3 Å². The zero-order chi connectivity index (χ0) is 36.8. The van der Waals surface area contributed by atoms with Crippen molar-refractivity contribution >= 4 is 31.5 Å². The molecule has 0 radical (unpaired) electrons. The first kappa shape index (κ1) is 31.4. The molecule has 3 heteroatoms. The van der Waals surface area contributed by atoms with Crippen LogP contribution in [0.3, 0.4) is 0 Å². The van der Waals surface area contributed by atoms with E-state index in [1.807, 2.05) is 11.3 Å². The second-order valence-electron chi connectivity index (χ2n) is 14.8. The summed E-state index contributed by atoms with van der Waals surface area (Å²) < 4.78 is 2.60. The van der Waals surface area contributed by atoms with E-state index in [0.717, 1.165) is 33.6 Å². The third-order valence-electron chi connectivity index (χ3n) is 11.9. The van der Waals surface area contributed by atoms with Gasteiger partial charge in [0.2, 0.25) is 0 Å². The maximum Gasteiger partial charge on any atom is 0.160 e. The molecule has 2 aliphatic rings. The quantitative estimate of drug-likeness (QED) is 0.180. The molecule has 56 heavy (non-hydrogen) atoms. The summed E-state index contributed by atoms with van der Waals surface area (Å²) in [4.78, 5) is 10.8. The maximum absolute atomic E-state index is 5.48. The number of nitrogens with zero attached hydrogens (tertiary/aromatic N) is 2. The van der Waals surface area contributed by atoms with Crippen molar-refractivity contribution in [2.75, 3.05) is 0 Å². The number of hydrogen-bond acceptors (Lipinski definition) is 3. The fraction of sp³-hybridized carbons (Fsp3) is 0.0189. The zero-order valence-corrected chi connectivity index (χ0v) is 31.1. The Hall–Kier alpha value is -6.94. The molecule has 2 nitrogen and oxygen atoms in total. The van der Waals surface area contributed by atoms with Crippen LogP contribution in [0.5, 0.6) is 0 Å². The standard InChI is InChI=1S/C53H32N2S/c1-2-15-33(16-3-1)47-32-48(55-52(54-47)35-18-12-17-34(31-35)36-23-13-24-40-39-21-7-11-30-49(39)56-51(36)40)42-25-14-29-46-50(42)41-22-6-10-28-45(41)53(46)43-26-8-4-19-37(43)38-20-5-9-27-44(38)53/h1-32H. The van der Waals surface area contributed by atoms with Crippen LogP contribution in [0.15, 0.2) is 194 Å². The molecule has 10 aromatic rings. The fourth-order valence-corrected chi connectivity index (χ4v) is 10.9. The number of benzene rings is 8. The van der Waals surface area contributed by atoms with Crippen molar-refractivity contribution in [3.8, 4) is 67.3 Å². The Kier molecular flexibility index (Phi) is 6.75. The van der Waals surface area contributed by atoms with E-state index in [-0.39, 0.29) is 0 Å². The van der Waals surface area contributed by atoms with Gasteiger partial charge < -0.3 is 0 Å². The van der Waals surface area contributed by atoms with E-state index >= 15 is 0 Å². The van der Waals surface area contributed by atoms with Crippen molar-refractivity contribution in [1.82, 2.24) is 9.97 Å². The lowest BCUT2D eigenvalue weighted by atomic mass is 9.70. The fourth-order valence-electron chi connectivity index (χ4n) is 9.63. The second kappa shape index (κ2) is 12.0. The molecule has 260 valence electrons. The molecule has 0 aliphatic heterocycles. The SMILES string of the molecule is c1ccc(-c2cc(-c3cccc4c3-c3ccccc3C43c4ccccc4-c4ccccc43)nc(-c3cccc(-c4cccc5c4sc4ccccc45)c3)n2)cc1. The van der Waals surface area contributed by atoms with Gasteiger partial charge in [0.25, 0.3) is 0 Å². The minimum absolute atomic E-state index is 0.421. The van der Waals surface area contributed by atoms with E-state index < -0.39 is 5.41 Å². The summed E-state index contributed by atoms with van der Waals surface area (Å²) in [6.45, 7) is 0. The molecule has 0 unspecified atom stereocenters. The number of thiophene rings is 1. The highest BCUT2D eigenvalue weighted by atomic mass is 32.1. The first-order valence-corrected chi connectivity index (χ1v) is 20.0. The molecule has 0 amide bonds. The van der Waals surface area contributed by atoms with E-state index in [0.29, 0.717) is 5.82 Å². The van der Waals surface area contributed by atoms with Gasteiger partial charge in [-0.1, -0.05) is 176 Å². The summed E-state index contributed by atoms with van der Waals surface area (Å²) in [5.41, 5.74) is 17.3. The van der Waals surface area contributed by atoms with Gasteiger partial charge in [0.15, 0.2) is 5.82 Å². The number of fused-ring (bicyclic) bond motifs is 13. The molecule has 8 aromatic carbocycles. The minimum atomic E-state index is -0.421. The molecule has 0 bridgehead atoms. The van der Waals surface area contributed by atoms with Gasteiger partial charge >= 0.3 is 0 Å². The van der Waals surface area contributed by atoms with Crippen LogP contribution in [0.1, 0.15) is 22.3 Å². The van der Waals surface area contributed by atoms with E-state index in [1.165, 1.54) is 70.2 Å². The van der Waals surface area contributed by atoms with Crippen LogP contribution in [0.25, 0.3) is 87.5 Å². The van der Waals surface area contributed by atoms with Gasteiger partial charge in [0, 0.05) is 36.9 Å². The zero-order valence-electron chi connectivity index (χ0n) is 30.3. The van der Waals surface area contributed by atoms with Gasteiger partial charge in [0.1, 0.15) is 0 Å². The predicted octanol–water partition coefficient (Wildman–Crippen LogP) is 13.9. The highest BCUT2D eigenvalue weighted by Gasteiger charge is 2.52. The van der Waals surface area contributed by atoms with E-state index in [9.17, 15) is 0 Å². The molecular weight excluding hydrogens is 697 g/mol. The van der Waals surface area contributed by atoms with Crippen molar-refractivity contribution in [3.63, 3.8) is 0 Å². The number of aromatic nitrogens is 2. The summed E-state index contributed by atoms with van der Waals surface area (Å²) in [5, 5.41) is 2.60. The van der Waals surface area contributed by atoms with Crippen LogP contribution in [-0.4, -0.2) is 9.97 Å². The monoisotopic (exact) mass is 728 g/mol. The van der Waals surface area contributed by atoms with Crippen LogP contribution in [0.2, 0.25) is 0 Å². The number of hydrogen-bond donors (Lipinski definition) is 0. The number of rotatable bonds is 4. The van der Waals surface area contributed by atoms with Gasteiger partial charge in [-0.25, -0.2) is 9.97 Å². The Morgan fingerprint density at radius 2 is 0.893 bits per heavy atom. The summed E-state index contributed by atoms with van der Waals surface area (Å²) in [6.07, 6.45) is 0.